The summed E-state index contributed by atoms with van der Waals surface area (Å²) in [4.78, 5) is 30.1. The van der Waals surface area contributed by atoms with Crippen LogP contribution in [-0.2, 0) is 11.2 Å². The molecule has 1 fully saturated rings. The third-order valence-electron chi connectivity index (χ3n) is 8.43. The second-order valence-electron chi connectivity index (χ2n) is 11.3. The maximum atomic E-state index is 11.6. The van der Waals surface area contributed by atoms with Crippen LogP contribution >= 0.6 is 23.2 Å². The van der Waals surface area contributed by atoms with E-state index in [9.17, 15) is 4.79 Å². The van der Waals surface area contributed by atoms with Gasteiger partial charge in [-0.3, -0.25) is 9.78 Å². The average Bonchev–Trinajstić information content (AvgIpc) is 3.66. The highest BCUT2D eigenvalue weighted by molar-refractivity contribution is 6.39. The van der Waals surface area contributed by atoms with Gasteiger partial charge in [0.2, 0.25) is 11.8 Å². The molecule has 0 radical (unpaired) electrons. The van der Waals surface area contributed by atoms with E-state index in [0.29, 0.717) is 51.7 Å². The lowest BCUT2D eigenvalue weighted by atomic mass is 9.99. The highest BCUT2D eigenvalue weighted by Gasteiger charge is 2.30. The Bertz CT molecular complexity index is 1950. The number of aryl methyl sites for hydroxylation is 2. The molecule has 5 aromatic rings. The lowest BCUT2D eigenvalue weighted by Crippen LogP contribution is -2.36. The number of benzene rings is 2. The van der Waals surface area contributed by atoms with E-state index in [4.69, 9.17) is 32.9 Å². The SMILES string of the molecule is COc1nc(-c2cccc(-c3cccc(Nc4nc(C)nc5cccnc45)c3Cl)c2Cl)cc2c1[C@H](NC[C@@H]1CCC(=O)N1)CC2. The molecule has 1 aliphatic carbocycles. The monoisotopic (exact) mass is 639 g/mol. The molecule has 1 amide bonds. The Kier molecular flexibility index (Phi) is 7.99. The van der Waals surface area contributed by atoms with Crippen LogP contribution in [0.4, 0.5) is 11.5 Å². The molecule has 4 heterocycles. The predicted octanol–water partition coefficient (Wildman–Crippen LogP) is 6.98. The summed E-state index contributed by atoms with van der Waals surface area (Å²) in [6.07, 6.45) is 4.97. The molecule has 228 valence electrons. The Balaban J connectivity index is 1.20. The van der Waals surface area contributed by atoms with Crippen molar-refractivity contribution in [2.24, 2.45) is 0 Å². The number of carbonyl (C=O) groups is 1. The second kappa shape index (κ2) is 12.2. The summed E-state index contributed by atoms with van der Waals surface area (Å²) in [5.74, 6) is 1.90. The fourth-order valence-corrected chi connectivity index (χ4v) is 6.89. The van der Waals surface area contributed by atoms with Gasteiger partial charge in [0.25, 0.3) is 0 Å². The number of rotatable bonds is 8. The molecule has 11 heteroatoms. The van der Waals surface area contributed by atoms with E-state index in [1.807, 2.05) is 55.5 Å². The standard InChI is InChI=1S/C34H31Cl2N7O2/c1-18-39-26-10-5-15-37-32(26)33(40-18)42-25-9-4-7-22(31(25)36)21-6-3-8-23(30(21)35)27-16-19-11-13-24(29(19)34(43-27)45-2)38-17-20-12-14-28(44)41-20/h3-10,15-16,20,24,38H,11-14,17H2,1-2H3,(H,41,44)(H,39,40,42)/t20-,24+/m0/s1. The van der Waals surface area contributed by atoms with Gasteiger partial charge in [0.1, 0.15) is 11.3 Å². The topological polar surface area (TPSA) is 114 Å². The number of ether oxygens (including phenoxy) is 1. The van der Waals surface area contributed by atoms with Crippen molar-refractivity contribution in [1.82, 2.24) is 30.6 Å². The van der Waals surface area contributed by atoms with Gasteiger partial charge in [-0.2, -0.15) is 0 Å². The Morgan fingerprint density at radius 1 is 0.956 bits per heavy atom. The summed E-state index contributed by atoms with van der Waals surface area (Å²) in [5.41, 5.74) is 7.40. The van der Waals surface area contributed by atoms with Gasteiger partial charge in [0.05, 0.1) is 34.1 Å². The third kappa shape index (κ3) is 5.67. The van der Waals surface area contributed by atoms with E-state index < -0.39 is 0 Å². The molecule has 0 saturated carbocycles. The van der Waals surface area contributed by atoms with Gasteiger partial charge in [0.15, 0.2) is 5.82 Å². The molecular weight excluding hydrogens is 609 g/mol. The summed E-state index contributed by atoms with van der Waals surface area (Å²) in [5, 5.41) is 11.1. The lowest BCUT2D eigenvalue weighted by molar-refractivity contribution is -0.119. The Morgan fingerprint density at radius 2 is 1.76 bits per heavy atom. The van der Waals surface area contributed by atoms with Crippen LogP contribution in [-0.4, -0.2) is 45.5 Å². The summed E-state index contributed by atoms with van der Waals surface area (Å²) in [6, 6.07) is 17.8. The summed E-state index contributed by atoms with van der Waals surface area (Å²) in [7, 11) is 1.65. The Labute approximate surface area is 270 Å². The third-order valence-corrected chi connectivity index (χ3v) is 9.25. The van der Waals surface area contributed by atoms with Crippen molar-refractivity contribution in [3.63, 3.8) is 0 Å². The average molecular weight is 641 g/mol. The number of nitrogens with zero attached hydrogens (tertiary/aromatic N) is 4. The van der Waals surface area contributed by atoms with Crippen LogP contribution in [0, 0.1) is 6.92 Å². The van der Waals surface area contributed by atoms with Crippen LogP contribution in [0.2, 0.25) is 10.0 Å². The first-order chi connectivity index (χ1) is 21.9. The first kappa shape index (κ1) is 29.4. The van der Waals surface area contributed by atoms with Crippen LogP contribution in [0.5, 0.6) is 5.88 Å². The molecule has 0 bridgehead atoms. The number of aromatic nitrogens is 4. The fraction of sp³-hybridized carbons (Fsp3) is 0.265. The molecule has 3 aromatic heterocycles. The number of methoxy groups -OCH3 is 1. The van der Waals surface area contributed by atoms with Gasteiger partial charge in [-0.25, -0.2) is 15.0 Å². The first-order valence-electron chi connectivity index (χ1n) is 14.9. The minimum absolute atomic E-state index is 0.107. The van der Waals surface area contributed by atoms with Crippen molar-refractivity contribution in [3.8, 4) is 28.3 Å². The molecule has 0 unspecified atom stereocenters. The molecule has 2 aromatic carbocycles. The molecule has 2 atom stereocenters. The Hall–Kier alpha value is -4.31. The number of nitrogens with one attached hydrogen (secondary N) is 3. The highest BCUT2D eigenvalue weighted by Crippen LogP contribution is 2.44. The normalized spacial score (nSPS) is 17.4. The van der Waals surface area contributed by atoms with E-state index in [1.54, 1.807) is 13.3 Å². The van der Waals surface area contributed by atoms with E-state index in [1.165, 1.54) is 5.56 Å². The highest BCUT2D eigenvalue weighted by atomic mass is 35.5. The van der Waals surface area contributed by atoms with Crippen LogP contribution < -0.4 is 20.7 Å². The van der Waals surface area contributed by atoms with Crippen molar-refractivity contribution < 1.29 is 9.53 Å². The number of hydrogen-bond donors (Lipinski definition) is 3. The molecule has 7 rings (SSSR count). The van der Waals surface area contributed by atoms with Crippen LogP contribution in [0.15, 0.2) is 60.8 Å². The zero-order valence-electron chi connectivity index (χ0n) is 24.8. The van der Waals surface area contributed by atoms with Gasteiger partial charge in [-0.15, -0.1) is 0 Å². The number of fused-ring (bicyclic) bond motifs is 2. The fourth-order valence-electron chi connectivity index (χ4n) is 6.29. The van der Waals surface area contributed by atoms with Gasteiger partial charge in [-0.05, 0) is 56.0 Å². The summed E-state index contributed by atoms with van der Waals surface area (Å²) in [6.45, 7) is 2.56. The number of carbonyl (C=O) groups excluding carboxylic acids is 1. The number of amides is 1. The molecule has 9 nitrogen and oxygen atoms in total. The maximum absolute atomic E-state index is 11.6. The van der Waals surface area contributed by atoms with Crippen molar-refractivity contribution >= 4 is 51.6 Å². The van der Waals surface area contributed by atoms with Crippen molar-refractivity contribution in [2.75, 3.05) is 19.0 Å². The largest absolute Gasteiger partial charge is 0.481 e. The Morgan fingerprint density at radius 3 is 2.56 bits per heavy atom. The number of hydrogen-bond acceptors (Lipinski definition) is 8. The number of pyridine rings is 2. The van der Waals surface area contributed by atoms with E-state index in [0.717, 1.165) is 52.7 Å². The van der Waals surface area contributed by atoms with Crippen LogP contribution in [0.1, 0.15) is 42.3 Å². The van der Waals surface area contributed by atoms with E-state index in [-0.39, 0.29) is 18.0 Å². The first-order valence-corrected chi connectivity index (χ1v) is 15.7. The van der Waals surface area contributed by atoms with Crippen molar-refractivity contribution in [2.45, 2.75) is 44.7 Å². The molecule has 1 aliphatic heterocycles. The van der Waals surface area contributed by atoms with Crippen LogP contribution in [0.25, 0.3) is 33.4 Å². The predicted molar refractivity (Wildman–Crippen MR) is 177 cm³/mol. The zero-order valence-corrected chi connectivity index (χ0v) is 26.3. The molecule has 0 spiro atoms. The quantitative estimate of drug-likeness (QED) is 0.167. The summed E-state index contributed by atoms with van der Waals surface area (Å²) < 4.78 is 5.81. The van der Waals surface area contributed by atoms with E-state index >= 15 is 0 Å². The zero-order chi connectivity index (χ0) is 31.1. The second-order valence-corrected chi connectivity index (χ2v) is 12.1. The van der Waals surface area contributed by atoms with Crippen molar-refractivity contribution in [1.29, 1.82) is 0 Å². The maximum Gasteiger partial charge on any atom is 0.220 e. The number of anilines is 2. The molecule has 3 N–H and O–H groups in total. The summed E-state index contributed by atoms with van der Waals surface area (Å²) >= 11 is 14.2. The molecule has 45 heavy (non-hydrogen) atoms. The van der Waals surface area contributed by atoms with Crippen molar-refractivity contribution in [3.05, 3.63) is 87.8 Å². The number of halogens is 2. The molecular formula is C34H31Cl2N7O2. The minimum Gasteiger partial charge on any atom is -0.481 e. The van der Waals surface area contributed by atoms with Gasteiger partial charge in [-0.1, -0.05) is 53.5 Å². The van der Waals surface area contributed by atoms with E-state index in [2.05, 4.69) is 37.0 Å². The molecule has 1 saturated heterocycles. The van der Waals surface area contributed by atoms with Crippen LogP contribution in [0.3, 0.4) is 0 Å². The smallest absolute Gasteiger partial charge is 0.220 e. The van der Waals surface area contributed by atoms with Gasteiger partial charge in [0, 0.05) is 53.5 Å². The van der Waals surface area contributed by atoms with Gasteiger partial charge >= 0.3 is 0 Å². The van der Waals surface area contributed by atoms with Gasteiger partial charge < -0.3 is 20.7 Å². The lowest BCUT2D eigenvalue weighted by Gasteiger charge is -2.20. The minimum atomic E-state index is 0.107. The molecule has 2 aliphatic rings.